The van der Waals surface area contributed by atoms with Gasteiger partial charge in [-0.1, -0.05) is 18.2 Å². The average Bonchev–Trinajstić information content (AvgIpc) is 3.03. The molecule has 0 spiro atoms. The highest BCUT2D eigenvalue weighted by Gasteiger charge is 2.20. The van der Waals surface area contributed by atoms with E-state index in [1.165, 1.54) is 29.2 Å². The second-order valence-corrected chi connectivity index (χ2v) is 5.93. The number of aromatic nitrogens is 2. The number of nitrogens with two attached hydrogens (primary N) is 1. The number of carbonyl (C=O) groups is 2. The Bertz CT molecular complexity index is 1030. The molecule has 144 valence electrons. The first kappa shape index (κ1) is 19.0. The Morgan fingerprint density at radius 3 is 2.43 bits per heavy atom. The van der Waals surface area contributed by atoms with Crippen LogP contribution >= 0.6 is 0 Å². The first-order valence-corrected chi connectivity index (χ1v) is 8.41. The normalized spacial score (nSPS) is 10.6. The van der Waals surface area contributed by atoms with Crippen molar-refractivity contribution in [3.8, 4) is 11.5 Å². The van der Waals surface area contributed by atoms with Gasteiger partial charge in [0.2, 0.25) is 17.7 Å². The van der Waals surface area contributed by atoms with Gasteiger partial charge in [0, 0.05) is 24.2 Å². The fourth-order valence-corrected chi connectivity index (χ4v) is 2.56. The molecule has 3 aromatic rings. The molecule has 0 aliphatic carbocycles. The van der Waals surface area contributed by atoms with Crippen LogP contribution in [0.3, 0.4) is 0 Å². The van der Waals surface area contributed by atoms with Crippen LogP contribution in [0.2, 0.25) is 0 Å². The summed E-state index contributed by atoms with van der Waals surface area (Å²) in [5.74, 6) is -2.30. The van der Waals surface area contributed by atoms with Gasteiger partial charge in [-0.15, -0.1) is 5.10 Å². The Kier molecular flexibility index (Phi) is 5.64. The standard InChI is InChI=1S/C19H17FN4O4/c20-14-8-6-13(7-9-14)18-22-24(19(27)28-18)12-17(26)23(11-10-16(21)25)15-4-2-1-3-5-15/h1-9H,10-12H2,(H2,21,25). The molecular weight excluding hydrogens is 367 g/mol. The fourth-order valence-electron chi connectivity index (χ4n) is 2.56. The van der Waals surface area contributed by atoms with Gasteiger partial charge in [0.05, 0.1) is 0 Å². The van der Waals surface area contributed by atoms with Crippen molar-refractivity contribution in [2.75, 3.05) is 11.4 Å². The lowest BCUT2D eigenvalue weighted by Crippen LogP contribution is -2.38. The highest BCUT2D eigenvalue weighted by Crippen LogP contribution is 2.17. The lowest BCUT2D eigenvalue weighted by Gasteiger charge is -2.22. The van der Waals surface area contributed by atoms with Crippen molar-refractivity contribution in [3.05, 3.63) is 71.0 Å². The fraction of sp³-hybridized carbons (Fsp3) is 0.158. The number of halogens is 1. The molecule has 2 amide bonds. The third-order valence-corrected chi connectivity index (χ3v) is 3.93. The van der Waals surface area contributed by atoms with Crippen molar-refractivity contribution in [1.82, 2.24) is 9.78 Å². The Balaban J connectivity index is 1.82. The molecule has 0 saturated heterocycles. The van der Waals surface area contributed by atoms with E-state index < -0.39 is 29.9 Å². The number of nitrogens with zero attached hydrogens (tertiary/aromatic N) is 3. The molecule has 3 rings (SSSR count). The lowest BCUT2D eigenvalue weighted by molar-refractivity contribution is -0.119. The number of anilines is 1. The predicted octanol–water partition coefficient (Wildman–Crippen LogP) is 1.55. The van der Waals surface area contributed by atoms with Crippen molar-refractivity contribution in [2.24, 2.45) is 5.73 Å². The maximum atomic E-state index is 13.0. The van der Waals surface area contributed by atoms with Crippen molar-refractivity contribution in [3.63, 3.8) is 0 Å². The molecule has 0 atom stereocenters. The number of para-hydroxylation sites is 1. The number of hydrogen-bond acceptors (Lipinski definition) is 5. The maximum Gasteiger partial charge on any atom is 0.437 e. The largest absolute Gasteiger partial charge is 0.437 e. The summed E-state index contributed by atoms with van der Waals surface area (Å²) in [6, 6.07) is 13.9. The highest BCUT2D eigenvalue weighted by atomic mass is 19.1. The summed E-state index contributed by atoms with van der Waals surface area (Å²) in [4.78, 5) is 37.3. The van der Waals surface area contributed by atoms with E-state index in [-0.39, 0.29) is 18.9 Å². The zero-order chi connectivity index (χ0) is 20.1. The van der Waals surface area contributed by atoms with Crippen molar-refractivity contribution in [1.29, 1.82) is 0 Å². The summed E-state index contributed by atoms with van der Waals surface area (Å²) in [7, 11) is 0. The molecule has 2 N–H and O–H groups in total. The third-order valence-electron chi connectivity index (χ3n) is 3.93. The van der Waals surface area contributed by atoms with Gasteiger partial charge in [-0.25, -0.2) is 9.18 Å². The topological polar surface area (TPSA) is 111 Å². The molecule has 1 heterocycles. The minimum Gasteiger partial charge on any atom is -0.388 e. The quantitative estimate of drug-likeness (QED) is 0.664. The highest BCUT2D eigenvalue weighted by molar-refractivity contribution is 5.93. The van der Waals surface area contributed by atoms with Crippen molar-refractivity contribution in [2.45, 2.75) is 13.0 Å². The SMILES string of the molecule is NC(=O)CCN(C(=O)Cn1nc(-c2ccc(F)cc2)oc1=O)c1ccccc1. The first-order chi connectivity index (χ1) is 13.4. The number of benzene rings is 2. The molecule has 28 heavy (non-hydrogen) atoms. The van der Waals surface area contributed by atoms with E-state index in [1.54, 1.807) is 30.3 Å². The van der Waals surface area contributed by atoms with Crippen LogP contribution in [0, 0.1) is 5.82 Å². The molecule has 8 nitrogen and oxygen atoms in total. The van der Waals surface area contributed by atoms with Crippen LogP contribution in [0.5, 0.6) is 0 Å². The monoisotopic (exact) mass is 384 g/mol. The first-order valence-electron chi connectivity index (χ1n) is 8.41. The van der Waals surface area contributed by atoms with E-state index in [2.05, 4.69) is 5.10 Å². The Morgan fingerprint density at radius 1 is 1.11 bits per heavy atom. The zero-order valence-corrected chi connectivity index (χ0v) is 14.7. The summed E-state index contributed by atoms with van der Waals surface area (Å²) < 4.78 is 19.0. The molecule has 1 aromatic heterocycles. The molecule has 0 unspecified atom stereocenters. The van der Waals surface area contributed by atoms with E-state index >= 15 is 0 Å². The van der Waals surface area contributed by atoms with Crippen LogP contribution < -0.4 is 16.4 Å². The minimum absolute atomic E-state index is 0.0267. The van der Waals surface area contributed by atoms with Crippen molar-refractivity contribution >= 4 is 17.5 Å². The van der Waals surface area contributed by atoms with E-state index in [0.29, 0.717) is 11.3 Å². The molecule has 2 aromatic carbocycles. The van der Waals surface area contributed by atoms with Gasteiger partial charge in [-0.3, -0.25) is 9.59 Å². The molecule has 0 radical (unpaired) electrons. The van der Waals surface area contributed by atoms with Crippen LogP contribution in [0.25, 0.3) is 11.5 Å². The van der Waals surface area contributed by atoms with Crippen LogP contribution in [0.4, 0.5) is 10.1 Å². The Labute approximate surface area is 159 Å². The second kappa shape index (κ2) is 8.30. The lowest BCUT2D eigenvalue weighted by atomic mass is 10.2. The summed E-state index contributed by atoms with van der Waals surface area (Å²) in [6.07, 6.45) is -0.0326. The van der Waals surface area contributed by atoms with E-state index in [0.717, 1.165) is 4.68 Å². The van der Waals surface area contributed by atoms with Gasteiger partial charge in [0.15, 0.2) is 0 Å². The molecule has 0 bridgehead atoms. The van der Waals surface area contributed by atoms with Crippen LogP contribution in [0.1, 0.15) is 6.42 Å². The van der Waals surface area contributed by atoms with Gasteiger partial charge in [0.1, 0.15) is 12.4 Å². The molecule has 0 aliphatic heterocycles. The number of amides is 2. The molecule has 0 fully saturated rings. The molecule has 9 heteroatoms. The summed E-state index contributed by atoms with van der Waals surface area (Å²) in [6.45, 7) is -0.327. The molecule has 0 saturated carbocycles. The van der Waals surface area contributed by atoms with E-state index in [4.69, 9.17) is 10.2 Å². The molecule has 0 aliphatic rings. The zero-order valence-electron chi connectivity index (χ0n) is 14.7. The smallest absolute Gasteiger partial charge is 0.388 e. The van der Waals surface area contributed by atoms with E-state index in [1.807, 2.05) is 0 Å². The average molecular weight is 384 g/mol. The van der Waals surface area contributed by atoms with Gasteiger partial charge in [-0.2, -0.15) is 4.68 Å². The van der Waals surface area contributed by atoms with Crippen LogP contribution in [-0.4, -0.2) is 28.1 Å². The number of hydrogen-bond donors (Lipinski definition) is 1. The number of carbonyl (C=O) groups excluding carboxylic acids is 2. The summed E-state index contributed by atoms with van der Waals surface area (Å²) in [5.41, 5.74) is 6.15. The minimum atomic E-state index is -0.824. The second-order valence-electron chi connectivity index (χ2n) is 5.93. The van der Waals surface area contributed by atoms with E-state index in [9.17, 15) is 18.8 Å². The van der Waals surface area contributed by atoms with Gasteiger partial charge in [-0.05, 0) is 36.4 Å². The summed E-state index contributed by atoms with van der Waals surface area (Å²) in [5, 5.41) is 4.00. The van der Waals surface area contributed by atoms with Crippen LogP contribution in [-0.2, 0) is 16.1 Å². The predicted molar refractivity (Wildman–Crippen MR) is 98.8 cm³/mol. The van der Waals surface area contributed by atoms with Crippen molar-refractivity contribution < 1.29 is 18.4 Å². The van der Waals surface area contributed by atoms with Gasteiger partial charge in [0.25, 0.3) is 0 Å². The number of rotatable bonds is 7. The summed E-state index contributed by atoms with van der Waals surface area (Å²) >= 11 is 0. The Hall–Kier alpha value is -3.75. The number of primary amides is 1. The molecular formula is C19H17FN4O4. The maximum absolute atomic E-state index is 13.0. The van der Waals surface area contributed by atoms with Crippen LogP contribution in [0.15, 0.2) is 63.8 Å². The third kappa shape index (κ3) is 4.50. The van der Waals surface area contributed by atoms with Gasteiger partial charge >= 0.3 is 5.76 Å². The Morgan fingerprint density at radius 2 is 1.79 bits per heavy atom. The van der Waals surface area contributed by atoms with Gasteiger partial charge < -0.3 is 15.1 Å².